The van der Waals surface area contributed by atoms with Crippen molar-refractivity contribution in [1.82, 2.24) is 0 Å². The van der Waals surface area contributed by atoms with Gasteiger partial charge in [0.1, 0.15) is 5.00 Å². The quantitative estimate of drug-likeness (QED) is 0.766. The summed E-state index contributed by atoms with van der Waals surface area (Å²) in [7, 11) is 1.30. The second kappa shape index (κ2) is 7.78. The Morgan fingerprint density at radius 3 is 2.58 bits per heavy atom. The number of esters is 2. The number of anilines is 1. The number of hydrogen-bond donors (Lipinski definition) is 1. The molecular formula is C19H25NO5S. The first-order valence-corrected chi connectivity index (χ1v) is 9.84. The molecule has 2 bridgehead atoms. The van der Waals surface area contributed by atoms with Crippen LogP contribution >= 0.6 is 11.3 Å². The van der Waals surface area contributed by atoms with Gasteiger partial charge in [-0.15, -0.1) is 11.3 Å². The topological polar surface area (TPSA) is 81.7 Å². The fourth-order valence-corrected chi connectivity index (χ4v) is 5.34. The SMILES string of the molecule is COC(=O)c1c(NC(=O)COC(=O)C[C@@H]2C[C@@H]3CC[C@@H]2C3)sc(C)c1C. The van der Waals surface area contributed by atoms with Gasteiger partial charge in [-0.3, -0.25) is 9.59 Å². The van der Waals surface area contributed by atoms with Crippen molar-refractivity contribution >= 4 is 34.2 Å². The Hall–Kier alpha value is -1.89. The van der Waals surface area contributed by atoms with Crippen LogP contribution in [0.5, 0.6) is 0 Å². The fraction of sp³-hybridized carbons (Fsp3) is 0.632. The minimum Gasteiger partial charge on any atom is -0.465 e. The van der Waals surface area contributed by atoms with Crippen molar-refractivity contribution in [2.75, 3.05) is 19.0 Å². The first-order chi connectivity index (χ1) is 12.4. The first-order valence-electron chi connectivity index (χ1n) is 9.02. The van der Waals surface area contributed by atoms with Crippen LogP contribution in [0.15, 0.2) is 0 Å². The Kier molecular flexibility index (Phi) is 5.65. The Bertz CT molecular complexity index is 726. The average molecular weight is 379 g/mol. The molecule has 2 aliphatic carbocycles. The summed E-state index contributed by atoms with van der Waals surface area (Å²) in [5, 5.41) is 3.10. The molecule has 2 aliphatic rings. The summed E-state index contributed by atoms with van der Waals surface area (Å²) in [4.78, 5) is 37.0. The highest BCUT2D eigenvalue weighted by molar-refractivity contribution is 7.16. The molecule has 0 saturated heterocycles. The van der Waals surface area contributed by atoms with Crippen molar-refractivity contribution in [1.29, 1.82) is 0 Å². The van der Waals surface area contributed by atoms with E-state index in [0.29, 0.717) is 28.8 Å². The summed E-state index contributed by atoms with van der Waals surface area (Å²) in [5.41, 5.74) is 1.14. The van der Waals surface area contributed by atoms with Crippen molar-refractivity contribution in [3.05, 3.63) is 16.0 Å². The Morgan fingerprint density at radius 2 is 1.96 bits per heavy atom. The third-order valence-corrected chi connectivity index (χ3v) is 6.83. The van der Waals surface area contributed by atoms with E-state index in [2.05, 4.69) is 5.32 Å². The monoisotopic (exact) mass is 379 g/mol. The highest BCUT2D eigenvalue weighted by atomic mass is 32.1. The zero-order valence-electron chi connectivity index (χ0n) is 15.4. The van der Waals surface area contributed by atoms with Gasteiger partial charge in [-0.2, -0.15) is 0 Å². The first kappa shape index (κ1) is 18.9. The maximum Gasteiger partial charge on any atom is 0.341 e. The van der Waals surface area contributed by atoms with Crippen LogP contribution in [0.2, 0.25) is 0 Å². The van der Waals surface area contributed by atoms with Crippen LogP contribution in [0.1, 0.15) is 52.9 Å². The van der Waals surface area contributed by atoms with Gasteiger partial charge in [-0.05, 0) is 56.4 Å². The second-order valence-electron chi connectivity index (χ2n) is 7.33. The third kappa shape index (κ3) is 3.92. The highest BCUT2D eigenvalue weighted by Crippen LogP contribution is 2.49. The van der Waals surface area contributed by atoms with E-state index in [9.17, 15) is 14.4 Å². The van der Waals surface area contributed by atoms with Crippen molar-refractivity contribution in [2.45, 2.75) is 46.0 Å². The second-order valence-corrected chi connectivity index (χ2v) is 8.55. The van der Waals surface area contributed by atoms with Crippen LogP contribution in [0.25, 0.3) is 0 Å². The van der Waals surface area contributed by atoms with Crippen LogP contribution in [-0.2, 0) is 19.1 Å². The molecule has 2 saturated carbocycles. The lowest BCUT2D eigenvalue weighted by molar-refractivity contribution is -0.148. The van der Waals surface area contributed by atoms with Crippen LogP contribution in [0.3, 0.4) is 0 Å². The van der Waals surface area contributed by atoms with E-state index < -0.39 is 11.9 Å². The molecule has 142 valence electrons. The van der Waals surface area contributed by atoms with Gasteiger partial charge in [-0.25, -0.2) is 4.79 Å². The summed E-state index contributed by atoms with van der Waals surface area (Å²) in [6.45, 7) is 3.34. The number of amides is 1. The number of methoxy groups -OCH3 is 1. The van der Waals surface area contributed by atoms with Crippen molar-refractivity contribution in [2.24, 2.45) is 17.8 Å². The van der Waals surface area contributed by atoms with E-state index in [1.54, 1.807) is 0 Å². The molecule has 0 aromatic carbocycles. The van der Waals surface area contributed by atoms with E-state index in [0.717, 1.165) is 22.8 Å². The Balaban J connectivity index is 1.50. The lowest BCUT2D eigenvalue weighted by Gasteiger charge is -2.20. The smallest absolute Gasteiger partial charge is 0.341 e. The number of hydrogen-bond acceptors (Lipinski definition) is 6. The Morgan fingerprint density at radius 1 is 1.19 bits per heavy atom. The van der Waals surface area contributed by atoms with Gasteiger partial charge in [0.2, 0.25) is 0 Å². The molecule has 1 N–H and O–H groups in total. The number of carbonyl (C=O) groups excluding carboxylic acids is 3. The number of thiophene rings is 1. The van der Waals surface area contributed by atoms with Crippen LogP contribution in [0.4, 0.5) is 5.00 Å². The van der Waals surface area contributed by atoms with Crippen molar-refractivity contribution in [3.8, 4) is 0 Å². The number of aryl methyl sites for hydroxylation is 1. The van der Waals surface area contributed by atoms with Gasteiger partial charge in [0.25, 0.3) is 5.91 Å². The van der Waals surface area contributed by atoms with Crippen LogP contribution in [-0.4, -0.2) is 31.6 Å². The molecule has 6 nitrogen and oxygen atoms in total. The molecule has 2 fully saturated rings. The zero-order valence-corrected chi connectivity index (χ0v) is 16.2. The maximum absolute atomic E-state index is 12.1. The molecule has 1 aromatic heterocycles. The zero-order chi connectivity index (χ0) is 18.8. The van der Waals surface area contributed by atoms with Crippen LogP contribution in [0, 0.1) is 31.6 Å². The predicted molar refractivity (Wildman–Crippen MR) is 98.3 cm³/mol. The van der Waals surface area contributed by atoms with Gasteiger partial charge in [0.05, 0.1) is 12.7 Å². The Labute approximate surface area is 157 Å². The van der Waals surface area contributed by atoms with Gasteiger partial charge in [0, 0.05) is 11.3 Å². The van der Waals surface area contributed by atoms with Crippen LogP contribution < -0.4 is 5.32 Å². The molecule has 1 aromatic rings. The normalized spacial score (nSPS) is 23.7. The maximum atomic E-state index is 12.1. The fourth-order valence-electron chi connectivity index (χ4n) is 4.27. The van der Waals surface area contributed by atoms with E-state index in [1.165, 1.54) is 37.7 Å². The lowest BCUT2D eigenvalue weighted by atomic mass is 9.86. The minimum atomic E-state index is -0.490. The minimum absolute atomic E-state index is 0.315. The van der Waals surface area contributed by atoms with Gasteiger partial charge in [-0.1, -0.05) is 6.42 Å². The van der Waals surface area contributed by atoms with Gasteiger partial charge >= 0.3 is 11.9 Å². The summed E-state index contributed by atoms with van der Waals surface area (Å²) in [6.07, 6.45) is 5.27. The summed E-state index contributed by atoms with van der Waals surface area (Å²) in [6, 6.07) is 0. The predicted octanol–water partition coefficient (Wildman–Crippen LogP) is 3.46. The molecule has 3 rings (SSSR count). The van der Waals surface area contributed by atoms with Gasteiger partial charge in [0.15, 0.2) is 6.61 Å². The molecule has 0 aliphatic heterocycles. The summed E-state index contributed by atoms with van der Waals surface area (Å²) >= 11 is 1.31. The lowest BCUT2D eigenvalue weighted by Crippen LogP contribution is -2.23. The third-order valence-electron chi connectivity index (χ3n) is 5.71. The number of fused-ring (bicyclic) bond motifs is 2. The van der Waals surface area contributed by atoms with E-state index in [-0.39, 0.29) is 12.6 Å². The molecule has 0 unspecified atom stereocenters. The number of nitrogens with one attached hydrogen (secondary N) is 1. The molecule has 7 heteroatoms. The largest absolute Gasteiger partial charge is 0.465 e. The summed E-state index contributed by atoms with van der Waals surface area (Å²) < 4.78 is 9.93. The number of carbonyl (C=O) groups is 3. The molecule has 1 heterocycles. The highest BCUT2D eigenvalue weighted by Gasteiger charge is 2.40. The molecule has 1 amide bonds. The molecule has 3 atom stereocenters. The van der Waals surface area contributed by atoms with E-state index in [4.69, 9.17) is 9.47 Å². The van der Waals surface area contributed by atoms with E-state index in [1.807, 2.05) is 13.8 Å². The standard InChI is InChI=1S/C19H25NO5S/c1-10-11(2)26-18(17(10)19(23)24-3)20-15(21)9-25-16(22)8-14-7-12-4-5-13(14)6-12/h12-14H,4-9H2,1-3H3,(H,20,21)/t12-,13-,14+/m1/s1. The van der Waals surface area contributed by atoms with Crippen molar-refractivity contribution < 1.29 is 23.9 Å². The van der Waals surface area contributed by atoms with E-state index >= 15 is 0 Å². The molecular weight excluding hydrogens is 354 g/mol. The number of rotatable bonds is 6. The van der Waals surface area contributed by atoms with Crippen molar-refractivity contribution in [3.63, 3.8) is 0 Å². The average Bonchev–Trinajstić information content (AvgIpc) is 3.28. The number of ether oxygens (including phenoxy) is 2. The summed E-state index contributed by atoms with van der Waals surface area (Å²) in [5.74, 6) is 0.597. The molecule has 26 heavy (non-hydrogen) atoms. The molecule has 0 radical (unpaired) electrons. The molecule has 0 spiro atoms. The van der Waals surface area contributed by atoms with Gasteiger partial charge < -0.3 is 14.8 Å².